The largest absolute Gasteiger partial charge is 0.384 e. The van der Waals surface area contributed by atoms with Crippen LogP contribution in [0.25, 0.3) is 22.6 Å². The van der Waals surface area contributed by atoms with Gasteiger partial charge < -0.3 is 16.0 Å². The van der Waals surface area contributed by atoms with Crippen LogP contribution in [0.4, 0.5) is 5.69 Å². The van der Waals surface area contributed by atoms with Crippen molar-refractivity contribution in [3.05, 3.63) is 69.8 Å². The highest BCUT2D eigenvalue weighted by atomic mass is 35.5. The Morgan fingerprint density at radius 3 is 2.07 bits per heavy atom. The summed E-state index contributed by atoms with van der Waals surface area (Å²) in [4.78, 5) is 10.8. The molecule has 0 radical (unpaired) electrons. The van der Waals surface area contributed by atoms with Crippen molar-refractivity contribution < 1.29 is 9.45 Å². The van der Waals surface area contributed by atoms with Gasteiger partial charge in [-0.15, -0.1) is 24.8 Å². The maximum Gasteiger partial charge on any atom is 0.278 e. The topological polar surface area (TPSA) is 169 Å². The lowest BCUT2D eigenvalue weighted by Gasteiger charge is -2.02. The zero-order valence-electron chi connectivity index (χ0n) is 14.2. The van der Waals surface area contributed by atoms with Crippen LogP contribution in [0.15, 0.2) is 53.1 Å². The van der Waals surface area contributed by atoms with Gasteiger partial charge in [0.15, 0.2) is 5.76 Å². The third-order valence-electron chi connectivity index (χ3n) is 3.77. The van der Waals surface area contributed by atoms with E-state index >= 15 is 0 Å². The number of halogens is 2. The lowest BCUT2D eigenvalue weighted by Crippen LogP contribution is -2.11. The van der Waals surface area contributed by atoms with Gasteiger partial charge in [0, 0.05) is 28.8 Å². The molecule has 1 heterocycles. The number of nitrogens with one attached hydrogen (secondary N) is 2. The number of nitrogens with zero attached hydrogens (tertiary/aromatic N) is 2. The summed E-state index contributed by atoms with van der Waals surface area (Å²) in [5.74, 6) is 0.147. The number of rotatable bonds is 5. The van der Waals surface area contributed by atoms with Gasteiger partial charge >= 0.3 is 0 Å². The Labute approximate surface area is 171 Å². The Morgan fingerprint density at radius 1 is 0.964 bits per heavy atom. The lowest BCUT2D eigenvalue weighted by molar-refractivity contribution is -0.384. The van der Waals surface area contributed by atoms with Gasteiger partial charge in [0.25, 0.3) is 5.69 Å². The van der Waals surface area contributed by atoms with E-state index in [9.17, 15) is 10.1 Å². The average molecular weight is 423 g/mol. The van der Waals surface area contributed by atoms with E-state index in [1.165, 1.54) is 18.2 Å². The van der Waals surface area contributed by atoms with E-state index in [4.69, 9.17) is 26.8 Å². The van der Waals surface area contributed by atoms with Crippen LogP contribution in [0.1, 0.15) is 11.1 Å². The smallest absolute Gasteiger partial charge is 0.278 e. The summed E-state index contributed by atoms with van der Waals surface area (Å²) in [6.07, 6.45) is 0. The molecule has 3 rings (SSSR count). The number of nitro groups is 1. The number of hydrogen-bond acceptors (Lipinski definition) is 6. The summed E-state index contributed by atoms with van der Waals surface area (Å²) in [6.45, 7) is 0. The van der Waals surface area contributed by atoms with E-state index < -0.39 is 4.92 Å². The third kappa shape index (κ3) is 4.45. The number of amidine groups is 2. The molecular formula is C17H16Cl2N6O3. The minimum atomic E-state index is -0.532. The average Bonchev–Trinajstić information content (AvgIpc) is 3.11. The van der Waals surface area contributed by atoms with Crippen molar-refractivity contribution >= 4 is 42.2 Å². The molecule has 0 atom stereocenters. The highest BCUT2D eigenvalue weighted by Gasteiger charge is 2.20. The maximum atomic E-state index is 11.3. The molecule has 0 saturated heterocycles. The van der Waals surface area contributed by atoms with Crippen molar-refractivity contribution in [1.29, 1.82) is 10.8 Å². The fourth-order valence-corrected chi connectivity index (χ4v) is 2.42. The predicted octanol–water partition coefficient (Wildman–Crippen LogP) is 3.33. The van der Waals surface area contributed by atoms with Gasteiger partial charge in [0.1, 0.15) is 17.4 Å². The van der Waals surface area contributed by atoms with E-state index in [0.717, 1.165) is 0 Å². The second kappa shape index (κ2) is 8.98. The molecular weight excluding hydrogens is 407 g/mol. The van der Waals surface area contributed by atoms with Gasteiger partial charge in [-0.05, 0) is 12.1 Å². The molecule has 2 aromatic carbocycles. The highest BCUT2D eigenvalue weighted by Crippen LogP contribution is 2.33. The quantitative estimate of drug-likeness (QED) is 0.212. The second-order valence-electron chi connectivity index (χ2n) is 5.47. The fourth-order valence-electron chi connectivity index (χ4n) is 2.42. The maximum absolute atomic E-state index is 11.3. The van der Waals surface area contributed by atoms with Gasteiger partial charge in [-0.2, -0.15) is 0 Å². The number of hydrogen-bond donors (Lipinski definition) is 4. The van der Waals surface area contributed by atoms with Crippen molar-refractivity contribution in [3.8, 4) is 22.6 Å². The molecule has 0 unspecified atom stereocenters. The second-order valence-corrected chi connectivity index (χ2v) is 5.47. The highest BCUT2D eigenvalue weighted by molar-refractivity contribution is 5.97. The first-order chi connectivity index (χ1) is 12.4. The minimum absolute atomic E-state index is 0. The Morgan fingerprint density at radius 2 is 1.54 bits per heavy atom. The number of benzene rings is 2. The summed E-state index contributed by atoms with van der Waals surface area (Å²) in [7, 11) is 0. The van der Waals surface area contributed by atoms with Gasteiger partial charge in [0.2, 0.25) is 0 Å². The summed E-state index contributed by atoms with van der Waals surface area (Å²) < 4.78 is 5.30. The van der Waals surface area contributed by atoms with Crippen LogP contribution >= 0.6 is 24.8 Å². The Bertz CT molecular complexity index is 1030. The lowest BCUT2D eigenvalue weighted by atomic mass is 10.0. The van der Waals surface area contributed by atoms with Gasteiger partial charge in [0.05, 0.1) is 10.5 Å². The molecule has 0 spiro atoms. The number of nitrogens with two attached hydrogens (primary N) is 2. The first kappa shape index (κ1) is 22.6. The van der Waals surface area contributed by atoms with Gasteiger partial charge in [-0.1, -0.05) is 29.4 Å². The Balaban J connectivity index is 0.00000196. The molecule has 28 heavy (non-hydrogen) atoms. The molecule has 11 heteroatoms. The van der Waals surface area contributed by atoms with E-state index in [0.29, 0.717) is 22.5 Å². The molecule has 3 aromatic rings. The number of aromatic nitrogens is 1. The molecule has 0 saturated carbocycles. The normalized spacial score (nSPS) is 9.71. The monoisotopic (exact) mass is 422 g/mol. The zero-order valence-corrected chi connectivity index (χ0v) is 15.8. The fraction of sp³-hybridized carbons (Fsp3) is 0. The number of nitro benzene ring substituents is 1. The van der Waals surface area contributed by atoms with Crippen molar-refractivity contribution in [2.75, 3.05) is 0 Å². The minimum Gasteiger partial charge on any atom is -0.384 e. The van der Waals surface area contributed by atoms with Crippen LogP contribution < -0.4 is 11.5 Å². The van der Waals surface area contributed by atoms with E-state index in [-0.39, 0.29) is 53.4 Å². The van der Waals surface area contributed by atoms with Crippen LogP contribution in [0, 0.1) is 20.9 Å². The Hall–Kier alpha value is -3.43. The van der Waals surface area contributed by atoms with Crippen LogP contribution in [-0.2, 0) is 0 Å². The van der Waals surface area contributed by atoms with E-state index in [1.807, 2.05) is 0 Å². The van der Waals surface area contributed by atoms with E-state index in [1.54, 1.807) is 30.3 Å². The molecule has 1 aromatic heterocycles. The summed E-state index contributed by atoms with van der Waals surface area (Å²) in [5, 5.41) is 30.1. The van der Waals surface area contributed by atoms with Crippen molar-refractivity contribution in [2.45, 2.75) is 0 Å². The first-order valence-corrected chi connectivity index (χ1v) is 7.41. The summed E-state index contributed by atoms with van der Waals surface area (Å²) >= 11 is 0. The molecule has 6 N–H and O–H groups in total. The molecule has 0 aliphatic carbocycles. The molecule has 0 amide bonds. The zero-order chi connectivity index (χ0) is 18.8. The Kier molecular flexibility index (Phi) is 7.25. The van der Waals surface area contributed by atoms with Gasteiger partial charge in [-0.25, -0.2) is 0 Å². The number of nitrogen functional groups attached to an aromatic ring is 2. The van der Waals surface area contributed by atoms with Gasteiger partial charge in [-0.3, -0.25) is 20.9 Å². The molecule has 0 aliphatic heterocycles. The summed E-state index contributed by atoms with van der Waals surface area (Å²) in [6, 6.07) is 12.4. The van der Waals surface area contributed by atoms with E-state index in [2.05, 4.69) is 5.16 Å². The van der Waals surface area contributed by atoms with Crippen molar-refractivity contribution in [1.82, 2.24) is 5.16 Å². The van der Waals surface area contributed by atoms with Crippen LogP contribution in [0.2, 0.25) is 0 Å². The van der Waals surface area contributed by atoms with Crippen LogP contribution in [-0.4, -0.2) is 21.8 Å². The molecule has 0 aliphatic rings. The third-order valence-corrected chi connectivity index (χ3v) is 3.77. The van der Waals surface area contributed by atoms with Crippen molar-refractivity contribution in [3.63, 3.8) is 0 Å². The SMILES string of the molecule is Cl.Cl.N=C(N)c1ccc(-c2cc(-c3cc(C(=N)N)ccc3[N+](=O)[O-])no2)cc1. The molecule has 0 fully saturated rings. The standard InChI is InChI=1S/C17H14N6O3.2ClH/c18-16(19)10-3-1-9(2-4-10)15-8-13(22-26-15)12-7-11(17(20)21)5-6-14(12)23(24)25;;/h1-8H,(H3,18,19)(H3,20,21);2*1H. The van der Waals surface area contributed by atoms with Crippen molar-refractivity contribution in [2.24, 2.45) is 11.5 Å². The molecule has 146 valence electrons. The van der Waals surface area contributed by atoms with Crippen LogP contribution in [0.5, 0.6) is 0 Å². The molecule has 0 bridgehead atoms. The summed E-state index contributed by atoms with van der Waals surface area (Å²) in [5.41, 5.74) is 12.8. The molecule has 9 nitrogen and oxygen atoms in total. The first-order valence-electron chi connectivity index (χ1n) is 7.41. The van der Waals surface area contributed by atoms with Crippen LogP contribution in [0.3, 0.4) is 0 Å². The predicted molar refractivity (Wildman–Crippen MR) is 111 cm³/mol.